The van der Waals surface area contributed by atoms with Gasteiger partial charge in [-0.25, -0.2) is 0 Å². The van der Waals surface area contributed by atoms with Gasteiger partial charge >= 0.3 is 0 Å². The summed E-state index contributed by atoms with van der Waals surface area (Å²) in [6, 6.07) is 0. The van der Waals surface area contributed by atoms with Crippen LogP contribution < -0.4 is 0 Å². The number of rotatable bonds is 12. The maximum Gasteiger partial charge on any atom is 0.133 e. The highest BCUT2D eigenvalue weighted by molar-refractivity contribution is 5.78. The molecule has 0 fully saturated rings. The monoisotopic (exact) mass is 293 g/mol. The summed E-state index contributed by atoms with van der Waals surface area (Å²) in [7, 11) is 0. The largest absolute Gasteiger partial charge is 0.300 e. The normalized spacial score (nSPS) is 10.8. The predicted molar refractivity (Wildman–Crippen MR) is 82.0 cm³/mol. The maximum absolute atomic E-state index is 11.7. The Labute approximate surface area is 127 Å². The number of nitrogens with zero attached hydrogens (tertiary/aromatic N) is 3. The minimum absolute atomic E-state index is 0.232. The lowest BCUT2D eigenvalue weighted by Gasteiger charge is -1.99. The van der Waals surface area contributed by atoms with Gasteiger partial charge in [-0.2, -0.15) is 0 Å². The Kier molecular flexibility index (Phi) is 8.55. The molecule has 0 aliphatic carbocycles. The van der Waals surface area contributed by atoms with E-state index in [0.717, 1.165) is 44.3 Å². The number of ketones is 2. The van der Waals surface area contributed by atoms with Crippen LogP contribution in [0.25, 0.3) is 0 Å². The van der Waals surface area contributed by atoms with E-state index < -0.39 is 0 Å². The smallest absolute Gasteiger partial charge is 0.133 e. The van der Waals surface area contributed by atoms with Gasteiger partial charge in [0.15, 0.2) is 0 Å². The second-order valence-electron chi connectivity index (χ2n) is 5.63. The average Bonchev–Trinajstić information content (AvgIpc) is 2.89. The molecule has 0 amide bonds. The van der Waals surface area contributed by atoms with E-state index in [4.69, 9.17) is 0 Å². The fraction of sp³-hybridized carbons (Fsp3) is 0.750. The van der Waals surface area contributed by atoms with Gasteiger partial charge in [0.1, 0.15) is 11.6 Å². The number of aromatic nitrogens is 3. The van der Waals surface area contributed by atoms with E-state index in [0.29, 0.717) is 31.5 Å². The third-order valence-electron chi connectivity index (χ3n) is 3.47. The van der Waals surface area contributed by atoms with E-state index >= 15 is 0 Å². The Bertz CT molecular complexity index is 440. The van der Waals surface area contributed by atoms with Crippen LogP contribution in [0.15, 0.2) is 6.20 Å². The van der Waals surface area contributed by atoms with E-state index in [9.17, 15) is 9.59 Å². The number of hydrogen-bond acceptors (Lipinski definition) is 4. The van der Waals surface area contributed by atoms with Crippen molar-refractivity contribution < 1.29 is 9.59 Å². The molecule has 0 saturated heterocycles. The first-order chi connectivity index (χ1) is 10.1. The van der Waals surface area contributed by atoms with Crippen molar-refractivity contribution in [3.63, 3.8) is 0 Å². The highest BCUT2D eigenvalue weighted by atomic mass is 16.1. The second kappa shape index (κ2) is 10.2. The van der Waals surface area contributed by atoms with Crippen molar-refractivity contribution in [1.82, 2.24) is 15.0 Å². The summed E-state index contributed by atoms with van der Waals surface area (Å²) in [5, 5.41) is 8.15. The van der Waals surface area contributed by atoms with E-state index in [1.54, 1.807) is 11.6 Å². The lowest BCUT2D eigenvalue weighted by atomic mass is 10.1. The summed E-state index contributed by atoms with van der Waals surface area (Å²) in [6.45, 7) is 4.54. The average molecular weight is 293 g/mol. The van der Waals surface area contributed by atoms with Crippen LogP contribution in [0.3, 0.4) is 0 Å². The highest BCUT2D eigenvalue weighted by Crippen LogP contribution is 2.06. The lowest BCUT2D eigenvalue weighted by molar-refractivity contribution is -0.119. The van der Waals surface area contributed by atoms with Crippen LogP contribution in [0.1, 0.15) is 70.9 Å². The summed E-state index contributed by atoms with van der Waals surface area (Å²) in [5.41, 5.74) is 0.880. The zero-order valence-electron chi connectivity index (χ0n) is 13.3. The van der Waals surface area contributed by atoms with Gasteiger partial charge in [-0.3, -0.25) is 9.48 Å². The molecule has 0 aliphatic heterocycles. The number of aryl methyl sites for hydroxylation is 2. The predicted octanol–water partition coefficient (Wildman–Crippen LogP) is 3.12. The van der Waals surface area contributed by atoms with Crippen molar-refractivity contribution in [3.8, 4) is 0 Å². The standard InChI is InChI=1S/C16H27N3O2/c1-3-4-5-9-16(21)11-10-15-13-19(18-17-15)12-7-6-8-14(2)20/h13H,3-12H2,1-2H3. The first kappa shape index (κ1) is 17.5. The lowest BCUT2D eigenvalue weighted by Crippen LogP contribution is -2.00. The van der Waals surface area contributed by atoms with Crippen LogP contribution in [0.5, 0.6) is 0 Å². The summed E-state index contributed by atoms with van der Waals surface area (Å²) in [5.74, 6) is 0.551. The molecule has 0 aliphatic rings. The molecule has 0 atom stereocenters. The van der Waals surface area contributed by atoms with Crippen LogP contribution in [-0.2, 0) is 22.6 Å². The summed E-state index contributed by atoms with van der Waals surface area (Å²) < 4.78 is 1.80. The Morgan fingerprint density at radius 3 is 2.57 bits per heavy atom. The number of hydrogen-bond donors (Lipinski definition) is 0. The van der Waals surface area contributed by atoms with Crippen molar-refractivity contribution >= 4 is 11.6 Å². The summed E-state index contributed by atoms with van der Waals surface area (Å²) in [6.07, 6.45) is 9.56. The van der Waals surface area contributed by atoms with Gasteiger partial charge in [0.25, 0.3) is 0 Å². The van der Waals surface area contributed by atoms with Crippen LogP contribution in [-0.4, -0.2) is 26.6 Å². The topological polar surface area (TPSA) is 64.8 Å². The third kappa shape index (κ3) is 8.38. The second-order valence-corrected chi connectivity index (χ2v) is 5.63. The van der Waals surface area contributed by atoms with Gasteiger partial charge in [-0.05, 0) is 32.6 Å². The summed E-state index contributed by atoms with van der Waals surface area (Å²) in [4.78, 5) is 22.5. The molecule has 0 bridgehead atoms. The van der Waals surface area contributed by atoms with Crippen LogP contribution in [0.2, 0.25) is 0 Å². The molecule has 1 rings (SSSR count). The number of unbranched alkanes of at least 4 members (excludes halogenated alkanes) is 3. The fourth-order valence-corrected chi connectivity index (χ4v) is 2.17. The first-order valence-corrected chi connectivity index (χ1v) is 8.02. The minimum atomic E-state index is 0.232. The Morgan fingerprint density at radius 2 is 1.86 bits per heavy atom. The van der Waals surface area contributed by atoms with Gasteiger partial charge in [0.05, 0.1) is 5.69 Å². The minimum Gasteiger partial charge on any atom is -0.300 e. The molecule has 21 heavy (non-hydrogen) atoms. The van der Waals surface area contributed by atoms with Crippen molar-refractivity contribution in [2.75, 3.05) is 0 Å². The van der Waals surface area contributed by atoms with Crippen molar-refractivity contribution in [2.24, 2.45) is 0 Å². The zero-order chi connectivity index (χ0) is 15.5. The molecular weight excluding hydrogens is 266 g/mol. The Balaban J connectivity index is 2.19. The molecule has 0 spiro atoms. The van der Waals surface area contributed by atoms with Crippen molar-refractivity contribution in [2.45, 2.75) is 78.2 Å². The van der Waals surface area contributed by atoms with E-state index in [-0.39, 0.29) is 5.78 Å². The van der Waals surface area contributed by atoms with E-state index in [1.807, 2.05) is 6.20 Å². The van der Waals surface area contributed by atoms with Gasteiger partial charge in [-0.15, -0.1) is 5.10 Å². The van der Waals surface area contributed by atoms with Gasteiger partial charge in [0.2, 0.25) is 0 Å². The molecule has 0 saturated carbocycles. The van der Waals surface area contributed by atoms with E-state index in [2.05, 4.69) is 17.2 Å². The molecule has 1 aromatic rings. The zero-order valence-corrected chi connectivity index (χ0v) is 13.3. The third-order valence-corrected chi connectivity index (χ3v) is 3.47. The van der Waals surface area contributed by atoms with E-state index in [1.165, 1.54) is 0 Å². The molecule has 1 aromatic heterocycles. The maximum atomic E-state index is 11.7. The van der Waals surface area contributed by atoms with Crippen molar-refractivity contribution in [3.05, 3.63) is 11.9 Å². The number of carbonyl (C=O) groups is 2. The molecule has 5 nitrogen and oxygen atoms in total. The SMILES string of the molecule is CCCCCC(=O)CCc1cn(CCCCC(C)=O)nn1. The highest BCUT2D eigenvalue weighted by Gasteiger charge is 2.06. The molecule has 118 valence electrons. The molecular formula is C16H27N3O2. The summed E-state index contributed by atoms with van der Waals surface area (Å²) >= 11 is 0. The Morgan fingerprint density at radius 1 is 1.10 bits per heavy atom. The van der Waals surface area contributed by atoms with Crippen LogP contribution in [0, 0.1) is 0 Å². The molecule has 0 aromatic carbocycles. The Hall–Kier alpha value is -1.52. The van der Waals surface area contributed by atoms with Crippen LogP contribution in [0.4, 0.5) is 0 Å². The molecule has 0 N–H and O–H groups in total. The molecule has 0 radical (unpaired) electrons. The molecule has 5 heteroatoms. The van der Waals surface area contributed by atoms with Gasteiger partial charge < -0.3 is 4.79 Å². The van der Waals surface area contributed by atoms with Crippen molar-refractivity contribution in [1.29, 1.82) is 0 Å². The number of Topliss-reactive ketones (excluding diaryl/α,β-unsaturated/α-hetero) is 2. The fourth-order valence-electron chi connectivity index (χ4n) is 2.17. The number of carbonyl (C=O) groups excluding carboxylic acids is 2. The van der Waals surface area contributed by atoms with Crippen LogP contribution >= 0.6 is 0 Å². The quantitative estimate of drug-likeness (QED) is 0.555. The first-order valence-electron chi connectivity index (χ1n) is 8.02. The van der Waals surface area contributed by atoms with Gasteiger partial charge in [-0.1, -0.05) is 25.0 Å². The molecule has 1 heterocycles. The van der Waals surface area contributed by atoms with Gasteiger partial charge in [0, 0.05) is 32.0 Å². The molecule has 0 unspecified atom stereocenters.